The quantitative estimate of drug-likeness (QED) is 0.0454. The number of nitrogens with zero attached hydrogens (tertiary/aromatic N) is 7. The van der Waals surface area contributed by atoms with E-state index in [0.29, 0.717) is 63.6 Å². The summed E-state index contributed by atoms with van der Waals surface area (Å²) < 4.78 is 94.4. The van der Waals surface area contributed by atoms with Crippen molar-refractivity contribution in [2.45, 2.75) is 63.2 Å². The molecule has 0 saturated carbocycles. The van der Waals surface area contributed by atoms with Crippen LogP contribution in [0.4, 0.5) is 49.1 Å². The van der Waals surface area contributed by atoms with E-state index in [1.807, 2.05) is 24.1 Å². The molecule has 0 unspecified atom stereocenters. The van der Waals surface area contributed by atoms with Crippen molar-refractivity contribution in [3.8, 4) is 35.2 Å². The smallest absolute Gasteiger partial charge is 0.406 e. The molecule has 2 aromatic heterocycles. The van der Waals surface area contributed by atoms with E-state index >= 15 is 0 Å². The van der Waals surface area contributed by atoms with Crippen LogP contribution in [-0.2, 0) is 13.1 Å². The van der Waals surface area contributed by atoms with E-state index in [4.69, 9.17) is 14.6 Å². The second-order valence-electron chi connectivity index (χ2n) is 22.5. The second kappa shape index (κ2) is 30.2. The number of aromatic carboxylic acids is 1. The zero-order chi connectivity index (χ0) is 62.3. The highest BCUT2D eigenvalue weighted by molar-refractivity contribution is 5.96. The number of piperidine rings is 2. The van der Waals surface area contributed by atoms with Crippen molar-refractivity contribution in [2.75, 3.05) is 155 Å². The summed E-state index contributed by atoms with van der Waals surface area (Å²) in [5, 5.41) is 27.1. The minimum absolute atomic E-state index is 0.0417. The van der Waals surface area contributed by atoms with Gasteiger partial charge in [0.1, 0.15) is 24.6 Å². The molecule has 0 radical (unpaired) electrons. The normalized spacial score (nSPS) is 16.7. The number of hydrogen-bond donors (Lipinski definition) is 6. The van der Waals surface area contributed by atoms with Gasteiger partial charge in [-0.3, -0.25) is 4.79 Å². The van der Waals surface area contributed by atoms with Crippen molar-refractivity contribution in [1.29, 1.82) is 0 Å². The molecule has 1 amide bonds. The molecule has 6 N–H and O–H groups in total. The number of rotatable bonds is 14. The molecule has 4 fully saturated rings. The first-order chi connectivity index (χ1) is 41.6. The maximum absolute atomic E-state index is 13.6. The molecule has 6 heterocycles. The van der Waals surface area contributed by atoms with Crippen molar-refractivity contribution < 1.29 is 50.5 Å². The topological polar surface area (TPSA) is 159 Å². The van der Waals surface area contributed by atoms with Crippen molar-refractivity contribution >= 4 is 56.4 Å². The number of carbonyl (C=O) groups excluding carboxylic acids is 1. The largest absolute Gasteiger partial charge is 0.495 e. The van der Waals surface area contributed by atoms with Crippen LogP contribution < -0.4 is 36.1 Å². The third kappa shape index (κ3) is 18.6. The summed E-state index contributed by atoms with van der Waals surface area (Å²) >= 11 is 0. The maximum Gasteiger partial charge on any atom is 0.406 e. The van der Waals surface area contributed by atoms with Crippen molar-refractivity contribution in [1.82, 2.24) is 39.0 Å². The van der Waals surface area contributed by atoms with Crippen LogP contribution >= 0.6 is 0 Å². The van der Waals surface area contributed by atoms with Crippen LogP contribution in [0, 0.1) is 23.7 Å². The Morgan fingerprint density at radius 3 is 1.37 bits per heavy atom. The number of alkyl halides is 6. The van der Waals surface area contributed by atoms with Crippen LogP contribution in [0.5, 0.6) is 11.5 Å². The van der Waals surface area contributed by atoms with Gasteiger partial charge >= 0.3 is 18.3 Å². The minimum Gasteiger partial charge on any atom is -0.495 e. The number of benzene rings is 4. The highest BCUT2D eigenvalue weighted by atomic mass is 19.4. The van der Waals surface area contributed by atoms with Gasteiger partial charge in [-0.15, -0.1) is 0 Å². The summed E-state index contributed by atoms with van der Waals surface area (Å²) in [7, 11) is 11.3. The fraction of sp³-hybridized carbons (Fsp3) is 0.469. The highest BCUT2D eigenvalue weighted by Crippen LogP contribution is 2.34. The minimum atomic E-state index is -4.41. The van der Waals surface area contributed by atoms with E-state index in [1.54, 1.807) is 60.7 Å². The van der Waals surface area contributed by atoms with E-state index in [-0.39, 0.29) is 42.3 Å². The lowest BCUT2D eigenvalue weighted by molar-refractivity contribution is -0.140. The van der Waals surface area contributed by atoms with Crippen LogP contribution in [0.3, 0.4) is 0 Å². The summed E-state index contributed by atoms with van der Waals surface area (Å²) in [4.78, 5) is 35.0. The number of hydrogen-bond acceptors (Lipinski definition) is 13. The van der Waals surface area contributed by atoms with Gasteiger partial charge in [-0.05, 0) is 165 Å². The number of ether oxygens (including phenoxy) is 2. The molecule has 6 aromatic rings. The number of fused-ring (bicyclic) bond motifs is 2. The second-order valence-corrected chi connectivity index (χ2v) is 22.5. The Bertz CT molecular complexity index is 3410. The zero-order valence-corrected chi connectivity index (χ0v) is 50.4. The number of likely N-dealkylation sites (N-methyl/N-ethyl adjacent to an activating group) is 2. The van der Waals surface area contributed by atoms with Crippen LogP contribution in [0.1, 0.15) is 57.8 Å². The molecule has 4 aromatic carbocycles. The number of nitrogens with one attached hydrogen (secondary N) is 5. The lowest BCUT2D eigenvalue weighted by Gasteiger charge is -2.32. The molecular formula is C64H80F6N12O5. The monoisotopic (exact) mass is 1210 g/mol. The number of piperazine rings is 2. The molecule has 0 aliphatic carbocycles. The Kier molecular flexibility index (Phi) is 22.6. The van der Waals surface area contributed by atoms with Gasteiger partial charge in [0.05, 0.1) is 66.7 Å². The first-order valence-corrected chi connectivity index (χ1v) is 29.3. The van der Waals surface area contributed by atoms with E-state index in [9.17, 15) is 35.9 Å². The van der Waals surface area contributed by atoms with Gasteiger partial charge in [0.25, 0.3) is 5.91 Å². The average Bonchev–Trinajstić information content (AvgIpc) is 1.90. The Morgan fingerprint density at radius 1 is 0.552 bits per heavy atom. The number of methoxy groups -OCH3 is 2. The van der Waals surface area contributed by atoms with E-state index in [2.05, 4.69) is 91.0 Å². The number of carboxylic acid groups (broad SMARTS) is 1. The summed E-state index contributed by atoms with van der Waals surface area (Å²) in [5.74, 6) is 11.4. The zero-order valence-electron chi connectivity index (χ0n) is 50.4. The predicted octanol–water partition coefficient (Wildman–Crippen LogP) is 8.97. The molecular weight excluding hydrogens is 1130 g/mol. The Hall–Kier alpha value is -7.80. The van der Waals surface area contributed by atoms with Crippen LogP contribution in [-0.4, -0.2) is 209 Å². The molecule has 17 nitrogen and oxygen atoms in total. The lowest BCUT2D eigenvalue weighted by atomic mass is 10.0. The molecule has 10 rings (SSSR count). The maximum atomic E-state index is 13.6. The number of carboxylic acids is 1. The summed E-state index contributed by atoms with van der Waals surface area (Å²) in [6, 6.07) is 24.3. The van der Waals surface area contributed by atoms with Gasteiger partial charge < -0.3 is 74.8 Å². The fourth-order valence-corrected chi connectivity index (χ4v) is 10.9. The van der Waals surface area contributed by atoms with Gasteiger partial charge in [-0.25, -0.2) is 4.79 Å². The number of anilines is 4. The Labute approximate surface area is 505 Å². The van der Waals surface area contributed by atoms with E-state index < -0.39 is 31.4 Å². The van der Waals surface area contributed by atoms with Crippen LogP contribution in [0.25, 0.3) is 21.8 Å². The van der Waals surface area contributed by atoms with E-state index in [1.165, 1.54) is 48.6 Å². The Morgan fingerprint density at radius 2 is 0.966 bits per heavy atom. The number of likely N-dealkylation sites (tertiary alicyclic amines) is 2. The van der Waals surface area contributed by atoms with Crippen LogP contribution in [0.15, 0.2) is 84.9 Å². The molecule has 4 aliphatic heterocycles. The summed E-state index contributed by atoms with van der Waals surface area (Å²) in [6.07, 6.45) is -4.92. The number of halogens is 6. The van der Waals surface area contributed by atoms with Gasteiger partial charge in [0.2, 0.25) is 0 Å². The standard InChI is InChI=1S/C32H39F3N6O2.C27H29F3N4O3.C5H12N2/c1-38-14-11-24(12-15-38)37-27-7-4-8-29-26(27)21-25(41(29)22-32(33,34)35)6-5-13-36-28-10-9-23(20-30(28)43-3)31(42)40-18-16-39(2)17-19-40;1-33-13-10-19(11-14-33)32-22-6-3-7-24-21(22)16-20(34(24)17-27(28,29)30)5-4-12-31-23-9-8-18(26(35)36)15-25(23)37-2;1-7-4-2-6-3-5-7/h4,7-10,20-21,24,36-37H,11-19,22H2,1-3H3;3,6-9,15-16,19,31-32H,10-14,17H2,1-2H3,(H,35,36);6H,2-5H2,1H3. The highest BCUT2D eigenvalue weighted by Gasteiger charge is 2.32. The number of carbonyl (C=O) groups is 2. The fourth-order valence-electron chi connectivity index (χ4n) is 10.9. The average molecular weight is 1210 g/mol. The molecule has 0 spiro atoms. The van der Waals surface area contributed by atoms with Gasteiger partial charge in [0.15, 0.2) is 0 Å². The third-order valence-electron chi connectivity index (χ3n) is 15.9. The summed E-state index contributed by atoms with van der Waals surface area (Å²) in [6.45, 7) is 9.69. The van der Waals surface area contributed by atoms with E-state index in [0.717, 1.165) is 94.8 Å². The van der Waals surface area contributed by atoms with Gasteiger partial charge in [-0.2, -0.15) is 26.3 Å². The molecule has 23 heteroatoms. The first-order valence-electron chi connectivity index (χ1n) is 29.3. The molecule has 4 aliphatic rings. The molecule has 87 heavy (non-hydrogen) atoms. The molecule has 468 valence electrons. The lowest BCUT2D eigenvalue weighted by Crippen LogP contribution is -2.47. The van der Waals surface area contributed by atoms with Gasteiger partial charge in [-0.1, -0.05) is 24.0 Å². The van der Waals surface area contributed by atoms with Crippen molar-refractivity contribution in [3.63, 3.8) is 0 Å². The molecule has 0 atom stereocenters. The summed E-state index contributed by atoms with van der Waals surface area (Å²) in [5.41, 5.74) is 4.95. The SMILES string of the molecule is CN1CCNCC1.COc1cc(C(=O)N2CCN(C)CC2)ccc1NCC#Cc1cc2c(NC3CCN(C)CC3)cccc2n1CC(F)(F)F.COc1cc(C(=O)O)ccc1NCC#Cc1cc2c(NC3CCN(C)CC3)cccc2n1CC(F)(F)F. The van der Waals surface area contributed by atoms with Crippen molar-refractivity contribution in [3.05, 3.63) is 107 Å². The Balaban J connectivity index is 0.000000204. The predicted molar refractivity (Wildman–Crippen MR) is 332 cm³/mol. The van der Waals surface area contributed by atoms with Crippen molar-refractivity contribution in [2.24, 2.45) is 0 Å². The number of aromatic nitrogens is 2. The third-order valence-corrected chi connectivity index (χ3v) is 15.9. The van der Waals surface area contributed by atoms with Gasteiger partial charge in [0, 0.05) is 92.2 Å². The van der Waals surface area contributed by atoms with Crippen LogP contribution in [0.2, 0.25) is 0 Å². The molecule has 0 bridgehead atoms. The first kappa shape index (κ1) is 65.2. The molecule has 4 saturated heterocycles. The number of amides is 1.